The third kappa shape index (κ3) is 2.82. The number of amides is 1. The summed E-state index contributed by atoms with van der Waals surface area (Å²) in [6.07, 6.45) is 1.11. The fourth-order valence-corrected chi connectivity index (χ4v) is 2.04. The molecule has 0 spiro atoms. The third-order valence-corrected chi connectivity index (χ3v) is 3.01. The molecule has 0 radical (unpaired) electrons. The van der Waals surface area contributed by atoms with Gasteiger partial charge in [-0.1, -0.05) is 5.16 Å². The van der Waals surface area contributed by atoms with Crippen LogP contribution in [0.15, 0.2) is 10.6 Å². The summed E-state index contributed by atoms with van der Waals surface area (Å²) in [6, 6.07) is 1.61. The minimum Gasteiger partial charge on any atom is -0.359 e. The Bertz CT molecular complexity index is 392. The number of nitrogens with zero attached hydrogens (tertiary/aromatic N) is 2. The van der Waals surface area contributed by atoms with Crippen molar-refractivity contribution >= 4 is 5.91 Å². The van der Waals surface area contributed by atoms with Gasteiger partial charge in [0.1, 0.15) is 0 Å². The molecular weight excluding hydrogens is 222 g/mol. The molecule has 1 saturated heterocycles. The molecule has 1 aromatic heterocycles. The van der Waals surface area contributed by atoms with Gasteiger partial charge in [0.15, 0.2) is 11.5 Å². The van der Waals surface area contributed by atoms with E-state index in [0.29, 0.717) is 24.8 Å². The predicted molar refractivity (Wildman–Crippen MR) is 60.6 cm³/mol. The van der Waals surface area contributed by atoms with Crippen LogP contribution < -0.4 is 17.0 Å². The minimum atomic E-state index is -0.443. The number of carbonyl (C=O) groups is 1. The average Bonchev–Trinajstić information content (AvgIpc) is 2.97. The van der Waals surface area contributed by atoms with Crippen molar-refractivity contribution in [2.45, 2.75) is 13.0 Å². The quantitative estimate of drug-likeness (QED) is 0.355. The van der Waals surface area contributed by atoms with Crippen molar-refractivity contribution in [3.63, 3.8) is 0 Å². The van der Waals surface area contributed by atoms with E-state index in [9.17, 15) is 4.79 Å². The molecule has 5 N–H and O–H groups in total. The number of hydrogen-bond acceptors (Lipinski definition) is 6. The smallest absolute Gasteiger partial charge is 0.287 e. The SMILES string of the molecule is NCC1CCN(Cc2cc(C(=O)NN)no2)C1. The van der Waals surface area contributed by atoms with Gasteiger partial charge in [-0.25, -0.2) is 5.84 Å². The first-order valence-electron chi connectivity index (χ1n) is 5.62. The van der Waals surface area contributed by atoms with Crippen molar-refractivity contribution in [2.24, 2.45) is 17.5 Å². The Morgan fingerprint density at radius 3 is 3.18 bits per heavy atom. The van der Waals surface area contributed by atoms with Gasteiger partial charge < -0.3 is 10.3 Å². The van der Waals surface area contributed by atoms with E-state index in [4.69, 9.17) is 16.1 Å². The molecule has 2 heterocycles. The molecule has 1 aromatic rings. The van der Waals surface area contributed by atoms with Crippen LogP contribution >= 0.6 is 0 Å². The zero-order valence-electron chi connectivity index (χ0n) is 9.56. The van der Waals surface area contributed by atoms with Crippen LogP contribution in [0.1, 0.15) is 22.7 Å². The van der Waals surface area contributed by atoms with Gasteiger partial charge in [0, 0.05) is 12.6 Å². The van der Waals surface area contributed by atoms with Crippen LogP contribution in [-0.4, -0.2) is 35.6 Å². The molecule has 1 fully saturated rings. The fraction of sp³-hybridized carbons (Fsp3) is 0.600. The normalized spacial score (nSPS) is 20.7. The maximum atomic E-state index is 11.2. The van der Waals surface area contributed by atoms with Crippen molar-refractivity contribution < 1.29 is 9.32 Å². The van der Waals surface area contributed by atoms with E-state index >= 15 is 0 Å². The zero-order valence-corrected chi connectivity index (χ0v) is 9.56. The van der Waals surface area contributed by atoms with E-state index in [0.717, 1.165) is 19.5 Å². The highest BCUT2D eigenvalue weighted by Gasteiger charge is 2.22. The molecule has 94 valence electrons. The molecule has 7 heteroatoms. The number of hydrogen-bond donors (Lipinski definition) is 3. The minimum absolute atomic E-state index is 0.206. The number of nitrogens with two attached hydrogens (primary N) is 2. The summed E-state index contributed by atoms with van der Waals surface area (Å²) in [5.41, 5.74) is 7.84. The van der Waals surface area contributed by atoms with Crippen LogP contribution in [0.25, 0.3) is 0 Å². The Labute approximate surface area is 99.1 Å². The summed E-state index contributed by atoms with van der Waals surface area (Å²) in [6.45, 7) is 3.34. The lowest BCUT2D eigenvalue weighted by atomic mass is 10.1. The lowest BCUT2D eigenvalue weighted by molar-refractivity contribution is 0.0944. The molecule has 0 aromatic carbocycles. The van der Waals surface area contributed by atoms with Crippen molar-refractivity contribution in [2.75, 3.05) is 19.6 Å². The first-order chi connectivity index (χ1) is 8.22. The summed E-state index contributed by atoms with van der Waals surface area (Å²) in [7, 11) is 0. The van der Waals surface area contributed by atoms with Crippen LogP contribution in [0.4, 0.5) is 0 Å². The lowest BCUT2D eigenvalue weighted by Gasteiger charge is -2.12. The average molecular weight is 239 g/mol. The molecular formula is C10H17N5O2. The van der Waals surface area contributed by atoms with Crippen LogP contribution in [-0.2, 0) is 6.54 Å². The van der Waals surface area contributed by atoms with Gasteiger partial charge in [0.2, 0.25) is 0 Å². The third-order valence-electron chi connectivity index (χ3n) is 3.01. The first kappa shape index (κ1) is 12.0. The molecule has 1 aliphatic heterocycles. The summed E-state index contributed by atoms with van der Waals surface area (Å²) in [5, 5.41) is 3.65. The standard InChI is InChI=1S/C10H17N5O2/c11-4-7-1-2-15(5-7)6-8-3-9(14-17-8)10(16)13-12/h3,7H,1-2,4-6,11-12H2,(H,13,16). The van der Waals surface area contributed by atoms with Crippen LogP contribution in [0.2, 0.25) is 0 Å². The largest absolute Gasteiger partial charge is 0.359 e. The Kier molecular flexibility index (Phi) is 3.72. The molecule has 0 bridgehead atoms. The number of rotatable bonds is 4. The van der Waals surface area contributed by atoms with Gasteiger partial charge in [-0.15, -0.1) is 0 Å². The van der Waals surface area contributed by atoms with E-state index in [1.54, 1.807) is 6.07 Å². The van der Waals surface area contributed by atoms with Crippen molar-refractivity contribution in [3.8, 4) is 0 Å². The molecule has 1 amide bonds. The van der Waals surface area contributed by atoms with E-state index in [2.05, 4.69) is 10.1 Å². The highest BCUT2D eigenvalue weighted by molar-refractivity contribution is 5.91. The number of hydrazine groups is 1. The molecule has 0 saturated carbocycles. The molecule has 0 aliphatic carbocycles. The maximum absolute atomic E-state index is 11.2. The van der Waals surface area contributed by atoms with E-state index in [1.807, 2.05) is 5.43 Å². The molecule has 1 aliphatic rings. The fourth-order valence-electron chi connectivity index (χ4n) is 2.04. The number of nitrogens with one attached hydrogen (secondary N) is 1. The maximum Gasteiger partial charge on any atom is 0.287 e. The second-order valence-corrected chi connectivity index (χ2v) is 4.28. The number of likely N-dealkylation sites (tertiary alicyclic amines) is 1. The number of aromatic nitrogens is 1. The Morgan fingerprint density at radius 2 is 2.53 bits per heavy atom. The van der Waals surface area contributed by atoms with E-state index in [1.165, 1.54) is 0 Å². The Morgan fingerprint density at radius 1 is 1.71 bits per heavy atom. The molecule has 1 atom stereocenters. The van der Waals surface area contributed by atoms with E-state index in [-0.39, 0.29) is 5.69 Å². The number of carbonyl (C=O) groups excluding carboxylic acids is 1. The molecule has 17 heavy (non-hydrogen) atoms. The molecule has 1 unspecified atom stereocenters. The zero-order chi connectivity index (χ0) is 12.3. The van der Waals surface area contributed by atoms with Gasteiger partial charge in [0.25, 0.3) is 5.91 Å². The second-order valence-electron chi connectivity index (χ2n) is 4.28. The lowest BCUT2D eigenvalue weighted by Crippen LogP contribution is -2.30. The van der Waals surface area contributed by atoms with Gasteiger partial charge in [0.05, 0.1) is 6.54 Å². The van der Waals surface area contributed by atoms with Crippen LogP contribution in [0.5, 0.6) is 0 Å². The van der Waals surface area contributed by atoms with Crippen molar-refractivity contribution in [3.05, 3.63) is 17.5 Å². The highest BCUT2D eigenvalue weighted by Crippen LogP contribution is 2.17. The second kappa shape index (κ2) is 5.26. The van der Waals surface area contributed by atoms with Crippen LogP contribution in [0, 0.1) is 5.92 Å². The first-order valence-corrected chi connectivity index (χ1v) is 5.62. The van der Waals surface area contributed by atoms with Gasteiger partial charge in [-0.3, -0.25) is 15.1 Å². The van der Waals surface area contributed by atoms with Gasteiger partial charge in [-0.05, 0) is 25.4 Å². The summed E-state index contributed by atoms with van der Waals surface area (Å²) in [4.78, 5) is 13.4. The number of nitrogen functional groups attached to an aromatic ring is 1. The summed E-state index contributed by atoms with van der Waals surface area (Å²) >= 11 is 0. The van der Waals surface area contributed by atoms with Gasteiger partial charge in [-0.2, -0.15) is 0 Å². The molecule has 7 nitrogen and oxygen atoms in total. The monoisotopic (exact) mass is 239 g/mol. The van der Waals surface area contributed by atoms with Crippen LogP contribution in [0.3, 0.4) is 0 Å². The topological polar surface area (TPSA) is 110 Å². The summed E-state index contributed by atoms with van der Waals surface area (Å²) < 4.78 is 5.08. The molecule has 2 rings (SSSR count). The Hall–Kier alpha value is -1.44. The summed E-state index contributed by atoms with van der Waals surface area (Å²) in [5.74, 6) is 5.79. The Balaban J connectivity index is 1.91. The van der Waals surface area contributed by atoms with E-state index < -0.39 is 5.91 Å². The van der Waals surface area contributed by atoms with Gasteiger partial charge >= 0.3 is 0 Å². The predicted octanol–water partition coefficient (Wildman–Crippen LogP) is -0.941. The highest BCUT2D eigenvalue weighted by atomic mass is 16.5. The van der Waals surface area contributed by atoms with Crippen molar-refractivity contribution in [1.82, 2.24) is 15.5 Å². The van der Waals surface area contributed by atoms with Crippen molar-refractivity contribution in [1.29, 1.82) is 0 Å².